The lowest BCUT2D eigenvalue weighted by molar-refractivity contribution is -0.137. The SMILES string of the molecule is COc1ccccc1CNC(=O)N1C(=O)O[C@H](c2cccc(C(F)(F)F)c2)[C@@H]1C. The standard InChI is InChI=1S/C20H19F3N2O4/c1-12-17(13-7-5-8-15(10-13)20(21,22)23)29-19(27)25(12)18(26)24-11-14-6-3-4-9-16(14)28-2/h3-10,12,17H,11H2,1-2H3,(H,24,26)/t12-,17-/m0/s1. The quantitative estimate of drug-likeness (QED) is 0.809. The van der Waals surface area contributed by atoms with Crippen LogP contribution in [-0.4, -0.2) is 30.2 Å². The van der Waals surface area contributed by atoms with Gasteiger partial charge in [-0.3, -0.25) is 0 Å². The lowest BCUT2D eigenvalue weighted by Crippen LogP contribution is -2.44. The molecule has 3 amide bonds. The molecule has 1 heterocycles. The number of imide groups is 1. The average Bonchev–Trinajstić information content (AvgIpc) is 3.00. The number of benzene rings is 2. The van der Waals surface area contributed by atoms with E-state index in [0.717, 1.165) is 17.0 Å². The summed E-state index contributed by atoms with van der Waals surface area (Å²) in [6.45, 7) is 1.64. The number of urea groups is 1. The number of methoxy groups -OCH3 is 1. The number of rotatable bonds is 4. The fourth-order valence-corrected chi connectivity index (χ4v) is 3.18. The van der Waals surface area contributed by atoms with Gasteiger partial charge in [0.2, 0.25) is 0 Å². The highest BCUT2D eigenvalue weighted by atomic mass is 19.4. The highest BCUT2D eigenvalue weighted by Crippen LogP contribution is 2.36. The van der Waals surface area contributed by atoms with E-state index in [1.54, 1.807) is 31.2 Å². The molecule has 0 saturated carbocycles. The summed E-state index contributed by atoms with van der Waals surface area (Å²) < 4.78 is 49.3. The molecule has 1 aliphatic heterocycles. The molecule has 3 rings (SSSR count). The number of nitrogens with one attached hydrogen (secondary N) is 1. The van der Waals surface area contributed by atoms with Crippen LogP contribution in [0.3, 0.4) is 0 Å². The number of ether oxygens (including phenoxy) is 2. The molecule has 0 radical (unpaired) electrons. The molecule has 0 aromatic heterocycles. The summed E-state index contributed by atoms with van der Waals surface area (Å²) in [7, 11) is 1.50. The monoisotopic (exact) mass is 408 g/mol. The van der Waals surface area contributed by atoms with Gasteiger partial charge in [0.05, 0.1) is 18.7 Å². The summed E-state index contributed by atoms with van der Waals surface area (Å²) >= 11 is 0. The number of hydrogen-bond acceptors (Lipinski definition) is 4. The first-order valence-electron chi connectivity index (χ1n) is 8.79. The summed E-state index contributed by atoms with van der Waals surface area (Å²) in [5, 5.41) is 2.61. The smallest absolute Gasteiger partial charge is 0.419 e. The van der Waals surface area contributed by atoms with E-state index in [-0.39, 0.29) is 12.1 Å². The van der Waals surface area contributed by atoms with Gasteiger partial charge in [-0.05, 0) is 30.7 Å². The van der Waals surface area contributed by atoms with E-state index in [1.807, 2.05) is 0 Å². The Kier molecular flexibility index (Phi) is 5.67. The zero-order valence-electron chi connectivity index (χ0n) is 15.7. The van der Waals surface area contributed by atoms with Crippen molar-refractivity contribution in [3.05, 3.63) is 65.2 Å². The van der Waals surface area contributed by atoms with Gasteiger partial charge in [0, 0.05) is 12.1 Å². The minimum Gasteiger partial charge on any atom is -0.496 e. The maximum atomic E-state index is 13.0. The van der Waals surface area contributed by atoms with Crippen molar-refractivity contribution in [1.82, 2.24) is 10.2 Å². The number of hydrogen-bond donors (Lipinski definition) is 1. The average molecular weight is 408 g/mol. The highest BCUT2D eigenvalue weighted by molar-refractivity contribution is 5.92. The summed E-state index contributed by atoms with van der Waals surface area (Å²) in [6, 6.07) is 10.1. The molecule has 0 spiro atoms. The van der Waals surface area contributed by atoms with Gasteiger partial charge in [0.1, 0.15) is 11.9 Å². The van der Waals surface area contributed by atoms with Crippen LogP contribution in [0.2, 0.25) is 0 Å². The van der Waals surface area contributed by atoms with Crippen LogP contribution in [0.4, 0.5) is 22.8 Å². The largest absolute Gasteiger partial charge is 0.496 e. The van der Waals surface area contributed by atoms with Crippen LogP contribution in [0, 0.1) is 0 Å². The number of amides is 3. The van der Waals surface area contributed by atoms with Gasteiger partial charge in [-0.2, -0.15) is 13.2 Å². The fourth-order valence-electron chi connectivity index (χ4n) is 3.18. The molecule has 1 saturated heterocycles. The van der Waals surface area contributed by atoms with Crippen molar-refractivity contribution >= 4 is 12.1 Å². The molecule has 1 N–H and O–H groups in total. The second-order valence-corrected chi connectivity index (χ2v) is 6.51. The maximum absolute atomic E-state index is 13.0. The lowest BCUT2D eigenvalue weighted by Gasteiger charge is -2.20. The number of nitrogens with zero attached hydrogens (tertiary/aromatic N) is 1. The molecule has 0 bridgehead atoms. The molecule has 154 valence electrons. The lowest BCUT2D eigenvalue weighted by atomic mass is 10.0. The minimum atomic E-state index is -4.52. The molecule has 1 fully saturated rings. The molecule has 2 aromatic carbocycles. The molecule has 2 aromatic rings. The van der Waals surface area contributed by atoms with Gasteiger partial charge in [-0.25, -0.2) is 14.5 Å². The third-order valence-corrected chi connectivity index (χ3v) is 4.65. The van der Waals surface area contributed by atoms with Gasteiger partial charge >= 0.3 is 18.3 Å². The van der Waals surface area contributed by atoms with Crippen LogP contribution >= 0.6 is 0 Å². The number of alkyl halides is 3. The Morgan fingerprint density at radius 1 is 1.21 bits per heavy atom. The predicted molar refractivity (Wildman–Crippen MR) is 97.2 cm³/mol. The zero-order chi connectivity index (χ0) is 21.2. The molecule has 2 atom stereocenters. The first-order chi connectivity index (χ1) is 13.7. The Hall–Kier alpha value is -3.23. The summed E-state index contributed by atoms with van der Waals surface area (Å²) in [5.41, 5.74) is 0.0241. The molecular weight excluding hydrogens is 389 g/mol. The van der Waals surface area contributed by atoms with Crippen molar-refractivity contribution < 1.29 is 32.2 Å². The van der Waals surface area contributed by atoms with Crippen molar-refractivity contribution in [3.8, 4) is 5.75 Å². The molecule has 6 nitrogen and oxygen atoms in total. The first kappa shape index (κ1) is 20.5. The van der Waals surface area contributed by atoms with E-state index in [2.05, 4.69) is 5.32 Å². The van der Waals surface area contributed by atoms with E-state index >= 15 is 0 Å². The van der Waals surface area contributed by atoms with Gasteiger partial charge in [-0.1, -0.05) is 30.3 Å². The third-order valence-electron chi connectivity index (χ3n) is 4.65. The molecule has 0 aliphatic carbocycles. The van der Waals surface area contributed by atoms with Crippen LogP contribution in [0.15, 0.2) is 48.5 Å². The van der Waals surface area contributed by atoms with Crippen molar-refractivity contribution in [2.45, 2.75) is 31.8 Å². The number of carbonyl (C=O) groups is 2. The van der Waals surface area contributed by atoms with E-state index < -0.39 is 36.0 Å². The van der Waals surface area contributed by atoms with Crippen LogP contribution in [-0.2, 0) is 17.5 Å². The van der Waals surface area contributed by atoms with Crippen LogP contribution in [0.1, 0.15) is 29.7 Å². The molecule has 9 heteroatoms. The van der Waals surface area contributed by atoms with E-state index in [0.29, 0.717) is 11.3 Å². The number of para-hydroxylation sites is 1. The molecule has 1 aliphatic rings. The topological polar surface area (TPSA) is 67.9 Å². The first-order valence-corrected chi connectivity index (χ1v) is 8.79. The van der Waals surface area contributed by atoms with E-state index in [4.69, 9.17) is 9.47 Å². The number of carbonyl (C=O) groups excluding carboxylic acids is 2. The predicted octanol–water partition coefficient (Wildman–Crippen LogP) is 4.51. The van der Waals surface area contributed by atoms with Crippen molar-refractivity contribution in [1.29, 1.82) is 0 Å². The normalized spacial score (nSPS) is 19.1. The Balaban J connectivity index is 1.73. The van der Waals surface area contributed by atoms with E-state index in [1.165, 1.54) is 19.2 Å². The van der Waals surface area contributed by atoms with Gasteiger partial charge in [0.25, 0.3) is 0 Å². The third kappa shape index (κ3) is 4.28. The van der Waals surface area contributed by atoms with Crippen LogP contribution in [0.25, 0.3) is 0 Å². The van der Waals surface area contributed by atoms with Crippen LogP contribution in [0.5, 0.6) is 5.75 Å². The van der Waals surface area contributed by atoms with E-state index in [9.17, 15) is 22.8 Å². The molecule has 29 heavy (non-hydrogen) atoms. The van der Waals surface area contributed by atoms with Gasteiger partial charge in [-0.15, -0.1) is 0 Å². The Bertz CT molecular complexity index is 917. The maximum Gasteiger partial charge on any atom is 0.419 e. The highest BCUT2D eigenvalue weighted by Gasteiger charge is 2.44. The van der Waals surface area contributed by atoms with Gasteiger partial charge in [0.15, 0.2) is 0 Å². The number of cyclic esters (lactones) is 1. The second kappa shape index (κ2) is 8.02. The fraction of sp³-hybridized carbons (Fsp3) is 0.300. The summed E-state index contributed by atoms with van der Waals surface area (Å²) in [6.07, 6.45) is -6.44. The van der Waals surface area contributed by atoms with Crippen molar-refractivity contribution in [2.24, 2.45) is 0 Å². The second-order valence-electron chi connectivity index (χ2n) is 6.51. The Morgan fingerprint density at radius 3 is 2.62 bits per heavy atom. The Labute approximate surface area is 165 Å². The summed E-state index contributed by atoms with van der Waals surface area (Å²) in [4.78, 5) is 25.6. The zero-order valence-corrected chi connectivity index (χ0v) is 15.7. The van der Waals surface area contributed by atoms with Gasteiger partial charge < -0.3 is 14.8 Å². The summed E-state index contributed by atoms with van der Waals surface area (Å²) in [5.74, 6) is 0.576. The minimum absolute atomic E-state index is 0.105. The van der Waals surface area contributed by atoms with Crippen molar-refractivity contribution in [2.75, 3.05) is 7.11 Å². The van der Waals surface area contributed by atoms with Crippen molar-refractivity contribution in [3.63, 3.8) is 0 Å². The van der Waals surface area contributed by atoms with Crippen LogP contribution < -0.4 is 10.1 Å². The molecular formula is C20H19F3N2O4. The molecule has 0 unspecified atom stereocenters. The Morgan fingerprint density at radius 2 is 1.93 bits per heavy atom. The number of halogens is 3.